The Kier molecular flexibility index (Phi) is 4.93. The van der Waals surface area contributed by atoms with E-state index < -0.39 is 0 Å². The largest absolute Gasteiger partial charge is 0.399 e. The van der Waals surface area contributed by atoms with Crippen molar-refractivity contribution in [2.24, 2.45) is 5.84 Å². The number of carbonyl (C=O) groups excluding carboxylic acids is 1. The minimum absolute atomic E-state index is 0.267. The Hall–Kier alpha value is -1.21. The highest BCUT2D eigenvalue weighted by molar-refractivity contribution is 7.98. The molecule has 0 unspecified atom stereocenters. The molecule has 0 radical (unpaired) electrons. The second kappa shape index (κ2) is 6.49. The fourth-order valence-corrected chi connectivity index (χ4v) is 3.99. The number of benzene rings is 1. The van der Waals surface area contributed by atoms with Crippen LogP contribution in [0.1, 0.15) is 20.1 Å². The van der Waals surface area contributed by atoms with Gasteiger partial charge in [-0.1, -0.05) is 11.6 Å². The first-order chi connectivity index (χ1) is 9.51. The van der Waals surface area contributed by atoms with Crippen molar-refractivity contribution in [3.05, 3.63) is 44.6 Å². The van der Waals surface area contributed by atoms with E-state index in [4.69, 9.17) is 23.2 Å². The van der Waals surface area contributed by atoms with Crippen LogP contribution in [0.5, 0.6) is 0 Å². The predicted molar refractivity (Wildman–Crippen MR) is 86.1 cm³/mol. The number of nitrogen functional groups attached to an aromatic ring is 2. The average Bonchev–Trinajstić information content (AvgIpc) is 2.80. The molecule has 1 aromatic carbocycles. The summed E-state index contributed by atoms with van der Waals surface area (Å²) < 4.78 is 0. The number of hydrogen-bond acceptors (Lipinski definition) is 5. The second-order valence-electron chi connectivity index (χ2n) is 4.14. The van der Waals surface area contributed by atoms with E-state index in [1.165, 1.54) is 11.3 Å². The van der Waals surface area contributed by atoms with Crippen LogP contribution in [0, 0.1) is 6.92 Å². The van der Waals surface area contributed by atoms with Crippen LogP contribution in [0.25, 0.3) is 0 Å². The summed E-state index contributed by atoms with van der Waals surface area (Å²) in [6.07, 6.45) is 0. The molecule has 0 aliphatic carbocycles. The molecule has 20 heavy (non-hydrogen) atoms. The summed E-state index contributed by atoms with van der Waals surface area (Å²) >= 11 is 9.15. The number of rotatable bonds is 4. The summed E-state index contributed by atoms with van der Waals surface area (Å²) in [5.41, 5.74) is 9.67. The number of halogens is 1. The van der Waals surface area contributed by atoms with Gasteiger partial charge in [-0.15, -0.1) is 23.1 Å². The van der Waals surface area contributed by atoms with E-state index in [-0.39, 0.29) is 5.91 Å². The minimum Gasteiger partial charge on any atom is -0.399 e. The first-order valence-electron chi connectivity index (χ1n) is 5.79. The van der Waals surface area contributed by atoms with Crippen LogP contribution in [-0.2, 0) is 5.75 Å². The van der Waals surface area contributed by atoms with Crippen LogP contribution in [0.4, 0.5) is 5.69 Å². The molecule has 1 amide bonds. The summed E-state index contributed by atoms with van der Waals surface area (Å²) in [5.74, 6) is 5.59. The van der Waals surface area contributed by atoms with Crippen LogP contribution >= 0.6 is 34.7 Å². The zero-order valence-corrected chi connectivity index (χ0v) is 13.2. The van der Waals surface area contributed by atoms with E-state index in [2.05, 4.69) is 5.43 Å². The Bertz CT molecular complexity index is 643. The van der Waals surface area contributed by atoms with Gasteiger partial charge in [0.25, 0.3) is 5.91 Å². The lowest BCUT2D eigenvalue weighted by Gasteiger charge is -2.05. The maximum absolute atomic E-state index is 11.5. The smallest absolute Gasteiger partial charge is 0.275 e. The number of nitrogens with one attached hydrogen (secondary N) is 1. The second-order valence-corrected chi connectivity index (χ2v) is 6.82. The molecule has 1 aromatic heterocycles. The topological polar surface area (TPSA) is 81.1 Å². The fraction of sp³-hybridized carbons (Fsp3) is 0.154. The highest BCUT2D eigenvalue weighted by Gasteiger charge is 2.12. The Morgan fingerprint density at radius 2 is 2.20 bits per heavy atom. The third-order valence-electron chi connectivity index (χ3n) is 2.71. The Labute approximate surface area is 130 Å². The van der Waals surface area contributed by atoms with Gasteiger partial charge in [-0.3, -0.25) is 10.2 Å². The van der Waals surface area contributed by atoms with E-state index in [0.29, 0.717) is 15.6 Å². The van der Waals surface area contributed by atoms with E-state index in [1.807, 2.05) is 19.1 Å². The third-order valence-corrected chi connectivity index (χ3v) is 5.35. The maximum Gasteiger partial charge on any atom is 0.275 e. The Balaban J connectivity index is 2.13. The summed E-state index contributed by atoms with van der Waals surface area (Å²) in [6.45, 7) is 1.98. The van der Waals surface area contributed by atoms with Crippen LogP contribution < -0.4 is 17.0 Å². The van der Waals surface area contributed by atoms with E-state index in [9.17, 15) is 4.79 Å². The van der Waals surface area contributed by atoms with Gasteiger partial charge in [0.1, 0.15) is 0 Å². The van der Waals surface area contributed by atoms with Crippen molar-refractivity contribution < 1.29 is 4.79 Å². The first kappa shape index (κ1) is 15.2. The van der Waals surface area contributed by atoms with E-state index in [1.54, 1.807) is 23.9 Å². The summed E-state index contributed by atoms with van der Waals surface area (Å²) in [4.78, 5) is 14.1. The van der Waals surface area contributed by atoms with Crippen molar-refractivity contribution in [1.82, 2.24) is 5.43 Å². The summed E-state index contributed by atoms with van der Waals surface area (Å²) in [6, 6.07) is 7.26. The van der Waals surface area contributed by atoms with Gasteiger partial charge in [-0.05, 0) is 36.8 Å². The minimum atomic E-state index is -0.267. The lowest BCUT2D eigenvalue weighted by molar-refractivity contribution is 0.0957. The molecule has 0 aliphatic rings. The van der Waals surface area contributed by atoms with Crippen molar-refractivity contribution in [2.75, 3.05) is 5.73 Å². The average molecular weight is 328 g/mol. The van der Waals surface area contributed by atoms with Crippen molar-refractivity contribution in [3.63, 3.8) is 0 Å². The predicted octanol–water partition coefficient (Wildman–Crippen LogP) is 3.19. The molecule has 5 N–H and O–H groups in total. The lowest BCUT2D eigenvalue weighted by atomic mass is 10.3. The number of thioether (sulfide) groups is 1. The van der Waals surface area contributed by atoms with Crippen LogP contribution in [-0.4, -0.2) is 5.91 Å². The van der Waals surface area contributed by atoms with Crippen molar-refractivity contribution in [3.8, 4) is 0 Å². The van der Waals surface area contributed by atoms with Gasteiger partial charge in [-0.25, -0.2) is 5.84 Å². The van der Waals surface area contributed by atoms with Gasteiger partial charge in [-0.2, -0.15) is 0 Å². The number of aryl methyl sites for hydroxylation is 1. The third kappa shape index (κ3) is 3.46. The number of thiophene rings is 1. The number of hydrogen-bond donors (Lipinski definition) is 3. The molecule has 2 aromatic rings. The summed E-state index contributed by atoms with van der Waals surface area (Å²) in [5, 5.41) is 0.678. The number of carbonyl (C=O) groups is 1. The molecule has 0 saturated heterocycles. The summed E-state index contributed by atoms with van der Waals surface area (Å²) in [7, 11) is 0. The number of nitrogens with two attached hydrogens (primary N) is 2. The highest BCUT2D eigenvalue weighted by atomic mass is 35.5. The van der Waals surface area contributed by atoms with Gasteiger partial charge in [0, 0.05) is 21.2 Å². The molecule has 0 fully saturated rings. The van der Waals surface area contributed by atoms with Crippen LogP contribution in [0.15, 0.2) is 29.2 Å². The molecule has 1 heterocycles. The van der Waals surface area contributed by atoms with Gasteiger partial charge in [0.15, 0.2) is 0 Å². The molecule has 7 heteroatoms. The number of hydrazine groups is 1. The van der Waals surface area contributed by atoms with Crippen molar-refractivity contribution >= 4 is 46.3 Å². The van der Waals surface area contributed by atoms with Crippen LogP contribution in [0.3, 0.4) is 0 Å². The van der Waals surface area contributed by atoms with Crippen molar-refractivity contribution in [1.29, 1.82) is 0 Å². The van der Waals surface area contributed by atoms with E-state index >= 15 is 0 Å². The molecule has 4 nitrogen and oxygen atoms in total. The van der Waals surface area contributed by atoms with Gasteiger partial charge >= 0.3 is 0 Å². The maximum atomic E-state index is 11.5. The zero-order chi connectivity index (χ0) is 14.7. The molecule has 106 valence electrons. The molecule has 2 rings (SSSR count). The molecule has 0 bridgehead atoms. The monoisotopic (exact) mass is 327 g/mol. The van der Waals surface area contributed by atoms with E-state index in [0.717, 1.165) is 21.1 Å². The van der Waals surface area contributed by atoms with Crippen LogP contribution in [0.2, 0.25) is 5.02 Å². The lowest BCUT2D eigenvalue weighted by Crippen LogP contribution is -2.29. The van der Waals surface area contributed by atoms with Crippen molar-refractivity contribution in [2.45, 2.75) is 17.6 Å². The first-order valence-corrected chi connectivity index (χ1v) is 7.97. The SMILES string of the molecule is Cc1sc(C(=O)NN)cc1CSc1cc(N)ccc1Cl. The zero-order valence-electron chi connectivity index (χ0n) is 10.8. The highest BCUT2D eigenvalue weighted by Crippen LogP contribution is 2.33. The normalized spacial score (nSPS) is 10.6. The Morgan fingerprint density at radius 1 is 1.45 bits per heavy atom. The quantitative estimate of drug-likeness (QED) is 0.265. The number of anilines is 1. The van der Waals surface area contributed by atoms with Gasteiger partial charge < -0.3 is 5.73 Å². The molecule has 0 aliphatic heterocycles. The van der Waals surface area contributed by atoms with Gasteiger partial charge in [0.05, 0.1) is 9.90 Å². The molecule has 0 spiro atoms. The van der Waals surface area contributed by atoms with Gasteiger partial charge in [0.2, 0.25) is 0 Å². The molecule has 0 atom stereocenters. The Morgan fingerprint density at radius 3 is 2.90 bits per heavy atom. The molecular formula is C13H14ClN3OS2. The number of amides is 1. The molecular weight excluding hydrogens is 314 g/mol. The molecule has 0 saturated carbocycles. The standard InChI is InChI=1S/C13H14ClN3OS2/c1-7-8(4-12(20-7)13(18)17-16)6-19-11-5-9(15)2-3-10(11)14/h2-5H,6,15-16H2,1H3,(H,17,18). The fourth-order valence-electron chi connectivity index (χ4n) is 1.63.